The molecule has 1 heterocycles. The van der Waals surface area contributed by atoms with Crippen LogP contribution >= 0.6 is 11.6 Å². The molecule has 2 aromatic rings. The molecule has 0 aliphatic heterocycles. The van der Waals surface area contributed by atoms with Crippen molar-refractivity contribution in [2.45, 2.75) is 0 Å². The number of carbonyl (C=O) groups is 1. The molecular weight excluding hydrogens is 278 g/mol. The smallest absolute Gasteiger partial charge is 0.319 e. The number of anilines is 1. The lowest BCUT2D eigenvalue weighted by molar-refractivity contribution is 0.247. The van der Waals surface area contributed by atoms with Gasteiger partial charge in [-0.05, 0) is 24.3 Å². The van der Waals surface area contributed by atoms with Gasteiger partial charge in [-0.15, -0.1) is 0 Å². The molecule has 104 valence electrons. The summed E-state index contributed by atoms with van der Waals surface area (Å²) in [5.41, 5.74) is 0.468. The van der Waals surface area contributed by atoms with Crippen molar-refractivity contribution in [2.75, 3.05) is 18.5 Å². The second-order valence-corrected chi connectivity index (χ2v) is 4.24. The number of urea groups is 1. The Labute approximate surface area is 121 Å². The van der Waals surface area contributed by atoms with Crippen LogP contribution in [0.4, 0.5) is 10.5 Å². The third-order valence-corrected chi connectivity index (χ3v) is 2.71. The van der Waals surface area contributed by atoms with Crippen LogP contribution in [0.2, 0.25) is 5.15 Å². The summed E-state index contributed by atoms with van der Waals surface area (Å²) in [6, 6.07) is 12.4. The second kappa shape index (κ2) is 7.35. The summed E-state index contributed by atoms with van der Waals surface area (Å²) < 4.78 is 5.45. The van der Waals surface area contributed by atoms with Gasteiger partial charge in [-0.3, -0.25) is 0 Å². The van der Waals surface area contributed by atoms with Crippen LogP contribution in [0.5, 0.6) is 5.75 Å². The van der Waals surface area contributed by atoms with Crippen molar-refractivity contribution >= 4 is 23.3 Å². The number of aromatic nitrogens is 1. The minimum atomic E-state index is -0.350. The SMILES string of the molecule is O=C(NCCOc1ccccc1)Nc1cccnc1Cl. The number of hydrogen-bond donors (Lipinski definition) is 2. The minimum Gasteiger partial charge on any atom is -0.492 e. The lowest BCUT2D eigenvalue weighted by Crippen LogP contribution is -2.32. The van der Waals surface area contributed by atoms with E-state index in [0.29, 0.717) is 18.8 Å². The van der Waals surface area contributed by atoms with E-state index in [1.807, 2.05) is 30.3 Å². The Bertz CT molecular complexity index is 563. The summed E-state index contributed by atoms with van der Waals surface area (Å²) in [6.45, 7) is 0.775. The van der Waals surface area contributed by atoms with E-state index in [0.717, 1.165) is 5.75 Å². The van der Waals surface area contributed by atoms with Crippen molar-refractivity contribution in [3.05, 3.63) is 53.8 Å². The highest BCUT2D eigenvalue weighted by Gasteiger charge is 2.04. The lowest BCUT2D eigenvalue weighted by atomic mass is 10.3. The molecule has 2 rings (SSSR count). The lowest BCUT2D eigenvalue weighted by Gasteiger charge is -2.09. The highest BCUT2D eigenvalue weighted by Crippen LogP contribution is 2.16. The predicted octanol–water partition coefficient (Wildman–Crippen LogP) is 2.94. The number of amides is 2. The maximum absolute atomic E-state index is 11.6. The fourth-order valence-electron chi connectivity index (χ4n) is 1.50. The summed E-state index contributed by atoms with van der Waals surface area (Å²) in [6.07, 6.45) is 1.55. The Kier molecular flexibility index (Phi) is 5.20. The quantitative estimate of drug-likeness (QED) is 0.657. The average Bonchev–Trinajstić information content (AvgIpc) is 2.47. The standard InChI is InChI=1S/C14H14ClN3O2/c15-13-12(7-4-8-16-13)18-14(19)17-9-10-20-11-5-2-1-3-6-11/h1-8H,9-10H2,(H2,17,18,19). The topological polar surface area (TPSA) is 63.2 Å². The molecule has 0 spiro atoms. The predicted molar refractivity (Wildman–Crippen MR) is 78.2 cm³/mol. The highest BCUT2D eigenvalue weighted by atomic mass is 35.5. The third kappa shape index (κ3) is 4.44. The molecule has 5 nitrogen and oxygen atoms in total. The third-order valence-electron chi connectivity index (χ3n) is 2.41. The molecule has 0 saturated carbocycles. The number of hydrogen-bond acceptors (Lipinski definition) is 3. The maximum atomic E-state index is 11.6. The number of carbonyl (C=O) groups excluding carboxylic acids is 1. The van der Waals surface area contributed by atoms with Crippen LogP contribution in [0.15, 0.2) is 48.7 Å². The second-order valence-electron chi connectivity index (χ2n) is 3.88. The van der Waals surface area contributed by atoms with E-state index in [1.54, 1.807) is 18.3 Å². The molecule has 1 aromatic carbocycles. The first-order valence-corrected chi connectivity index (χ1v) is 6.47. The van der Waals surface area contributed by atoms with Crippen molar-refractivity contribution in [3.63, 3.8) is 0 Å². The van der Waals surface area contributed by atoms with Gasteiger partial charge in [0, 0.05) is 6.20 Å². The monoisotopic (exact) mass is 291 g/mol. The van der Waals surface area contributed by atoms with E-state index in [2.05, 4.69) is 15.6 Å². The normalized spacial score (nSPS) is 9.85. The molecule has 0 atom stereocenters. The molecule has 0 aliphatic rings. The fourth-order valence-corrected chi connectivity index (χ4v) is 1.66. The van der Waals surface area contributed by atoms with E-state index in [9.17, 15) is 4.79 Å². The van der Waals surface area contributed by atoms with Crippen LogP contribution in [-0.4, -0.2) is 24.2 Å². The highest BCUT2D eigenvalue weighted by molar-refractivity contribution is 6.32. The number of benzene rings is 1. The van der Waals surface area contributed by atoms with E-state index >= 15 is 0 Å². The summed E-state index contributed by atoms with van der Waals surface area (Å²) in [5, 5.41) is 5.53. The largest absolute Gasteiger partial charge is 0.492 e. The van der Waals surface area contributed by atoms with Crippen molar-refractivity contribution in [3.8, 4) is 5.75 Å². The van der Waals surface area contributed by atoms with E-state index in [1.165, 1.54) is 0 Å². The van der Waals surface area contributed by atoms with Gasteiger partial charge < -0.3 is 15.4 Å². The number of ether oxygens (including phenoxy) is 1. The van der Waals surface area contributed by atoms with E-state index < -0.39 is 0 Å². The summed E-state index contributed by atoms with van der Waals surface area (Å²) in [7, 11) is 0. The molecule has 6 heteroatoms. The molecule has 1 aromatic heterocycles. The van der Waals surface area contributed by atoms with Crippen LogP contribution in [-0.2, 0) is 0 Å². The Morgan fingerprint density at radius 2 is 2.00 bits per heavy atom. The number of nitrogens with zero attached hydrogens (tertiary/aromatic N) is 1. The zero-order valence-electron chi connectivity index (χ0n) is 10.7. The first-order chi connectivity index (χ1) is 9.75. The van der Waals surface area contributed by atoms with Gasteiger partial charge in [0.1, 0.15) is 12.4 Å². The number of rotatable bonds is 5. The van der Waals surface area contributed by atoms with Gasteiger partial charge in [0.25, 0.3) is 0 Å². The summed E-state index contributed by atoms with van der Waals surface area (Å²) >= 11 is 5.83. The van der Waals surface area contributed by atoms with Gasteiger partial charge in [0.2, 0.25) is 0 Å². The zero-order chi connectivity index (χ0) is 14.2. The van der Waals surface area contributed by atoms with Gasteiger partial charge in [0.15, 0.2) is 5.15 Å². The van der Waals surface area contributed by atoms with Crippen molar-refractivity contribution in [1.29, 1.82) is 0 Å². The van der Waals surface area contributed by atoms with Crippen molar-refractivity contribution < 1.29 is 9.53 Å². The van der Waals surface area contributed by atoms with Crippen LogP contribution in [0.1, 0.15) is 0 Å². The Morgan fingerprint density at radius 1 is 1.20 bits per heavy atom. The molecule has 0 unspecified atom stereocenters. The van der Waals surface area contributed by atoms with E-state index in [4.69, 9.17) is 16.3 Å². The van der Waals surface area contributed by atoms with E-state index in [-0.39, 0.29) is 11.2 Å². The van der Waals surface area contributed by atoms with Crippen LogP contribution < -0.4 is 15.4 Å². The number of pyridine rings is 1. The minimum absolute atomic E-state index is 0.253. The zero-order valence-corrected chi connectivity index (χ0v) is 11.4. The summed E-state index contributed by atoms with van der Waals surface area (Å²) in [5.74, 6) is 0.769. The number of halogens is 1. The molecule has 0 saturated heterocycles. The van der Waals surface area contributed by atoms with Crippen LogP contribution in [0.25, 0.3) is 0 Å². The maximum Gasteiger partial charge on any atom is 0.319 e. The molecule has 2 N–H and O–H groups in total. The Balaban J connectivity index is 1.69. The van der Waals surface area contributed by atoms with Gasteiger partial charge in [-0.1, -0.05) is 29.8 Å². The first kappa shape index (κ1) is 14.1. The number of nitrogens with one attached hydrogen (secondary N) is 2. The Hall–Kier alpha value is -2.27. The molecule has 0 bridgehead atoms. The van der Waals surface area contributed by atoms with Crippen LogP contribution in [0.3, 0.4) is 0 Å². The van der Waals surface area contributed by atoms with Crippen molar-refractivity contribution in [1.82, 2.24) is 10.3 Å². The van der Waals surface area contributed by atoms with Gasteiger partial charge in [-0.2, -0.15) is 0 Å². The van der Waals surface area contributed by atoms with Crippen molar-refractivity contribution in [2.24, 2.45) is 0 Å². The molecule has 0 aliphatic carbocycles. The van der Waals surface area contributed by atoms with Crippen LogP contribution in [0, 0.1) is 0 Å². The molecule has 20 heavy (non-hydrogen) atoms. The van der Waals surface area contributed by atoms with Gasteiger partial charge in [-0.25, -0.2) is 9.78 Å². The molecule has 2 amide bonds. The number of para-hydroxylation sites is 1. The Morgan fingerprint density at radius 3 is 2.75 bits per heavy atom. The molecule has 0 fully saturated rings. The molecular formula is C14H14ClN3O2. The van der Waals surface area contributed by atoms with Gasteiger partial charge in [0.05, 0.1) is 12.2 Å². The fraction of sp³-hybridized carbons (Fsp3) is 0.143. The average molecular weight is 292 g/mol. The van der Waals surface area contributed by atoms with Gasteiger partial charge >= 0.3 is 6.03 Å². The summed E-state index contributed by atoms with van der Waals surface area (Å²) in [4.78, 5) is 15.5. The first-order valence-electron chi connectivity index (χ1n) is 6.09. The molecule has 0 radical (unpaired) electrons.